The van der Waals surface area contributed by atoms with Gasteiger partial charge < -0.3 is 15.2 Å². The van der Waals surface area contributed by atoms with E-state index in [-0.39, 0.29) is 28.0 Å². The molecule has 0 saturated heterocycles. The zero-order valence-electron chi connectivity index (χ0n) is 26.5. The van der Waals surface area contributed by atoms with Crippen molar-refractivity contribution in [3.05, 3.63) is 120 Å². The number of rotatable bonds is 5. The predicted molar refractivity (Wildman–Crippen MR) is 177 cm³/mol. The minimum absolute atomic E-state index is 0.241. The van der Waals surface area contributed by atoms with Gasteiger partial charge >= 0.3 is 0 Å². The van der Waals surface area contributed by atoms with Crippen molar-refractivity contribution in [2.45, 2.75) is 65.3 Å². The topological polar surface area (TPSA) is 92.9 Å². The molecule has 0 bridgehead atoms. The summed E-state index contributed by atoms with van der Waals surface area (Å²) in [5.41, 5.74) is 3.95. The van der Waals surface area contributed by atoms with Gasteiger partial charge in [-0.3, -0.25) is 14.2 Å². The summed E-state index contributed by atoms with van der Waals surface area (Å²) in [6.45, 7) is 14.2. The highest BCUT2D eigenvalue weighted by Gasteiger charge is 2.33. The van der Waals surface area contributed by atoms with Gasteiger partial charge in [-0.1, -0.05) is 83.2 Å². The van der Waals surface area contributed by atoms with E-state index in [1.165, 1.54) is 11.3 Å². The number of nitrogens with zero attached hydrogens (tertiary/aromatic N) is 2. The lowest BCUT2D eigenvalue weighted by atomic mass is 9.78. The average Bonchev–Trinajstić information content (AvgIpc) is 3.26. The van der Waals surface area contributed by atoms with Gasteiger partial charge in [0.15, 0.2) is 4.80 Å². The third kappa shape index (κ3) is 5.99. The van der Waals surface area contributed by atoms with Crippen LogP contribution in [0.5, 0.6) is 11.5 Å². The van der Waals surface area contributed by atoms with Crippen LogP contribution < -0.4 is 24.9 Å². The summed E-state index contributed by atoms with van der Waals surface area (Å²) in [6, 6.07) is 19.8. The molecule has 0 aliphatic carbocycles. The molecule has 44 heavy (non-hydrogen) atoms. The molecule has 0 unspecified atom stereocenters. The molecule has 7 nitrogen and oxygen atoms in total. The van der Waals surface area contributed by atoms with Crippen molar-refractivity contribution < 1.29 is 14.6 Å². The predicted octanol–water partition coefficient (Wildman–Crippen LogP) is 6.18. The van der Waals surface area contributed by atoms with Crippen LogP contribution >= 0.6 is 11.3 Å². The maximum atomic E-state index is 14.2. The highest BCUT2D eigenvalue weighted by Crippen LogP contribution is 2.40. The van der Waals surface area contributed by atoms with E-state index in [9.17, 15) is 14.7 Å². The van der Waals surface area contributed by atoms with Crippen molar-refractivity contribution in [3.8, 4) is 11.5 Å². The van der Waals surface area contributed by atoms with Crippen molar-refractivity contribution in [1.29, 1.82) is 0 Å². The number of phenolic OH excluding ortho intramolecular Hbond substituents is 1. The number of fused-ring (bicyclic) bond motifs is 1. The summed E-state index contributed by atoms with van der Waals surface area (Å²) in [4.78, 5) is 33.3. The minimum Gasteiger partial charge on any atom is -0.507 e. The minimum atomic E-state index is -0.696. The monoisotopic (exact) mass is 609 g/mol. The van der Waals surface area contributed by atoms with E-state index in [0.717, 1.165) is 22.3 Å². The number of aromatic nitrogens is 1. The Labute approximate surface area is 261 Å². The average molecular weight is 610 g/mol. The number of hydrogen-bond acceptors (Lipinski definition) is 6. The summed E-state index contributed by atoms with van der Waals surface area (Å²) in [7, 11) is 1.60. The number of carbonyl (C=O) groups is 1. The lowest BCUT2D eigenvalue weighted by Gasteiger charge is -2.27. The van der Waals surface area contributed by atoms with E-state index in [0.29, 0.717) is 32.0 Å². The van der Waals surface area contributed by atoms with E-state index >= 15 is 0 Å². The van der Waals surface area contributed by atoms with Gasteiger partial charge in [-0.2, -0.15) is 0 Å². The van der Waals surface area contributed by atoms with Crippen molar-refractivity contribution in [2.75, 3.05) is 12.4 Å². The van der Waals surface area contributed by atoms with Gasteiger partial charge in [-0.05, 0) is 71.4 Å². The molecule has 2 N–H and O–H groups in total. The Balaban J connectivity index is 1.71. The molecule has 5 rings (SSSR count). The molecule has 1 amide bonds. The van der Waals surface area contributed by atoms with Crippen LogP contribution in [0.4, 0.5) is 5.69 Å². The van der Waals surface area contributed by atoms with Crippen molar-refractivity contribution >= 4 is 29.0 Å². The standard InChI is InChI=1S/C36H39N3O4S/c1-21-29(32(41)38-24-12-10-9-11-13-24)30(23-14-16-25(43-8)17-15-23)39-33(42)28(44-34(39)37-21)20-22-18-26(35(2,3)4)31(40)27(19-22)36(5,6)7/h9-20,30,40H,1-8H3,(H,38,41)/b28-20+/t30-/m1/s1. The Kier molecular flexibility index (Phi) is 8.16. The fourth-order valence-electron chi connectivity index (χ4n) is 5.47. The number of hydrogen-bond donors (Lipinski definition) is 2. The van der Waals surface area contributed by atoms with Gasteiger partial charge in [-0.25, -0.2) is 4.99 Å². The van der Waals surface area contributed by atoms with Crippen molar-refractivity contribution in [3.63, 3.8) is 0 Å². The SMILES string of the molecule is COc1ccc([C@@H]2C(C(=O)Nc3ccccc3)=C(C)N=c3s/c(=C/c4cc(C(C)(C)C)c(O)c(C(C)(C)C)c4)c(=O)n32)cc1. The number of benzene rings is 3. The van der Waals surface area contributed by atoms with Gasteiger partial charge in [-0.15, -0.1) is 0 Å². The molecule has 0 spiro atoms. The van der Waals surface area contributed by atoms with Crippen LogP contribution in [0.3, 0.4) is 0 Å². The number of aromatic hydroxyl groups is 1. The molecule has 1 aromatic heterocycles. The van der Waals surface area contributed by atoms with E-state index in [1.54, 1.807) is 18.6 Å². The fourth-order valence-corrected chi connectivity index (χ4v) is 6.51. The van der Waals surface area contributed by atoms with Crippen LogP contribution in [0.25, 0.3) is 6.08 Å². The molecular weight excluding hydrogens is 570 g/mol. The number of anilines is 1. The molecule has 1 aliphatic rings. The second kappa shape index (κ2) is 11.6. The molecular formula is C36H39N3O4S. The van der Waals surface area contributed by atoms with E-state index in [2.05, 4.69) is 46.9 Å². The number of ether oxygens (including phenoxy) is 1. The smallest absolute Gasteiger partial charge is 0.271 e. The third-order valence-electron chi connectivity index (χ3n) is 7.78. The molecule has 2 heterocycles. The molecule has 1 aliphatic heterocycles. The van der Waals surface area contributed by atoms with Crippen LogP contribution in [0, 0.1) is 0 Å². The van der Waals surface area contributed by atoms with Crippen LogP contribution in [0.1, 0.15) is 76.8 Å². The number of para-hydroxylation sites is 1. The number of carbonyl (C=O) groups excluding carboxylic acids is 1. The van der Waals surface area contributed by atoms with Crippen LogP contribution in [0.2, 0.25) is 0 Å². The van der Waals surface area contributed by atoms with Crippen molar-refractivity contribution in [2.24, 2.45) is 4.99 Å². The lowest BCUT2D eigenvalue weighted by molar-refractivity contribution is -0.113. The number of allylic oxidation sites excluding steroid dienone is 1. The normalized spacial score (nSPS) is 15.5. The number of phenols is 1. The summed E-state index contributed by atoms with van der Waals surface area (Å²) in [6.07, 6.45) is 1.86. The van der Waals surface area contributed by atoms with Crippen LogP contribution in [0.15, 0.2) is 87.8 Å². The lowest BCUT2D eigenvalue weighted by Crippen LogP contribution is -2.40. The molecule has 8 heteroatoms. The fraction of sp³-hybridized carbons (Fsp3) is 0.306. The third-order valence-corrected chi connectivity index (χ3v) is 8.76. The second-order valence-electron chi connectivity index (χ2n) is 13.1. The number of amides is 1. The zero-order chi connectivity index (χ0) is 32.0. The van der Waals surface area contributed by atoms with Crippen molar-refractivity contribution in [1.82, 2.24) is 4.57 Å². The number of methoxy groups -OCH3 is 1. The Morgan fingerprint density at radius 2 is 1.57 bits per heavy atom. The van der Waals surface area contributed by atoms with Crippen LogP contribution in [-0.2, 0) is 15.6 Å². The summed E-state index contributed by atoms with van der Waals surface area (Å²) in [5.74, 6) is 0.636. The first-order chi connectivity index (χ1) is 20.7. The Morgan fingerprint density at radius 1 is 0.977 bits per heavy atom. The first kappa shape index (κ1) is 31.0. The van der Waals surface area contributed by atoms with Crippen LogP contribution in [-0.4, -0.2) is 22.7 Å². The van der Waals surface area contributed by atoms with E-state index in [4.69, 9.17) is 9.73 Å². The Hall–Kier alpha value is -4.43. The van der Waals surface area contributed by atoms with E-state index < -0.39 is 6.04 Å². The van der Waals surface area contributed by atoms with Gasteiger partial charge in [0.25, 0.3) is 11.5 Å². The van der Waals surface area contributed by atoms with Gasteiger partial charge in [0.2, 0.25) is 0 Å². The Morgan fingerprint density at radius 3 is 2.11 bits per heavy atom. The highest BCUT2D eigenvalue weighted by atomic mass is 32.1. The quantitative estimate of drug-likeness (QED) is 0.283. The molecule has 228 valence electrons. The maximum absolute atomic E-state index is 14.2. The number of nitrogens with one attached hydrogen (secondary N) is 1. The van der Waals surface area contributed by atoms with Gasteiger partial charge in [0.05, 0.1) is 29.0 Å². The first-order valence-electron chi connectivity index (χ1n) is 14.6. The molecule has 4 aromatic rings. The van der Waals surface area contributed by atoms with E-state index in [1.807, 2.05) is 72.8 Å². The van der Waals surface area contributed by atoms with Gasteiger partial charge in [0, 0.05) is 16.8 Å². The second-order valence-corrected chi connectivity index (χ2v) is 14.1. The molecule has 0 saturated carbocycles. The maximum Gasteiger partial charge on any atom is 0.271 e. The Bertz CT molecular complexity index is 1900. The highest BCUT2D eigenvalue weighted by molar-refractivity contribution is 7.07. The number of thiazole rings is 1. The molecule has 3 aromatic carbocycles. The molecule has 0 fully saturated rings. The molecule has 0 radical (unpaired) electrons. The molecule has 1 atom stereocenters. The summed E-state index contributed by atoms with van der Waals surface area (Å²) < 4.78 is 7.47. The zero-order valence-corrected chi connectivity index (χ0v) is 27.3. The first-order valence-corrected chi connectivity index (χ1v) is 15.4. The summed E-state index contributed by atoms with van der Waals surface area (Å²) >= 11 is 1.29. The summed E-state index contributed by atoms with van der Waals surface area (Å²) in [5, 5.41) is 14.2. The van der Waals surface area contributed by atoms with Gasteiger partial charge in [0.1, 0.15) is 11.5 Å². The largest absolute Gasteiger partial charge is 0.507 e.